The van der Waals surface area contributed by atoms with Gasteiger partial charge in [0.15, 0.2) is 11.5 Å². The zero-order chi connectivity index (χ0) is 31.4. The zero-order valence-electron chi connectivity index (χ0n) is 25.3. The fourth-order valence-electron chi connectivity index (χ4n) is 4.18. The van der Waals surface area contributed by atoms with E-state index in [9.17, 15) is 0 Å². The van der Waals surface area contributed by atoms with E-state index >= 15 is 0 Å². The van der Waals surface area contributed by atoms with Gasteiger partial charge in [0.05, 0.1) is 39.6 Å². The van der Waals surface area contributed by atoms with Gasteiger partial charge in [0, 0.05) is 22.3 Å². The van der Waals surface area contributed by atoms with Crippen molar-refractivity contribution in [3.05, 3.63) is 142 Å². The molecular formula is C40H28O5. The van der Waals surface area contributed by atoms with Crippen LogP contribution in [0.2, 0.25) is 0 Å². The van der Waals surface area contributed by atoms with Crippen LogP contribution in [0.1, 0.15) is 44.9 Å². The molecule has 1 aromatic heterocycles. The van der Waals surface area contributed by atoms with Gasteiger partial charge < -0.3 is 23.4 Å². The maximum atomic E-state index is 6.31. The second-order valence-electron chi connectivity index (χ2n) is 9.44. The maximum Gasteiger partial charge on any atom is 0.195 e. The Kier molecular flexibility index (Phi) is 9.80. The van der Waals surface area contributed by atoms with Crippen LogP contribution in [-0.2, 0) is 0 Å². The van der Waals surface area contributed by atoms with Crippen molar-refractivity contribution >= 4 is 0 Å². The Morgan fingerprint density at radius 1 is 0.378 bits per heavy atom. The molecule has 5 rings (SSSR count). The summed E-state index contributed by atoms with van der Waals surface area (Å²) in [6, 6.07) is 30.0. The third-order valence-electron chi connectivity index (χ3n) is 6.49. The molecule has 5 heteroatoms. The Hall–Kier alpha value is -6.40. The molecule has 218 valence electrons. The standard InChI is InChI=1S/C40H28O5/c1-41-33-13-5-9-29(25-33)17-21-37-38(22-18-30-10-6-14-34(26-30)42-2)40(24-20-32-12-8-16-36(28-32)44-4)45-39(37)23-19-31-11-7-15-35(27-31)43-3/h5-16,25-28H,1-4H3. The Morgan fingerprint density at radius 2 is 0.667 bits per heavy atom. The molecule has 0 bridgehead atoms. The van der Waals surface area contributed by atoms with Crippen LogP contribution in [0.4, 0.5) is 0 Å². The lowest BCUT2D eigenvalue weighted by Gasteiger charge is -1.98. The normalized spacial score (nSPS) is 9.51. The molecule has 0 radical (unpaired) electrons. The highest BCUT2D eigenvalue weighted by Crippen LogP contribution is 2.23. The molecule has 0 amide bonds. The largest absolute Gasteiger partial charge is 0.497 e. The van der Waals surface area contributed by atoms with Crippen LogP contribution in [0, 0.1) is 47.4 Å². The third-order valence-corrected chi connectivity index (χ3v) is 6.49. The minimum atomic E-state index is 0.345. The molecule has 0 aliphatic heterocycles. The molecule has 0 saturated heterocycles. The second-order valence-corrected chi connectivity index (χ2v) is 9.44. The fourth-order valence-corrected chi connectivity index (χ4v) is 4.18. The molecular weight excluding hydrogens is 560 g/mol. The summed E-state index contributed by atoms with van der Waals surface area (Å²) in [5, 5.41) is 0. The first-order valence-corrected chi connectivity index (χ1v) is 13.9. The van der Waals surface area contributed by atoms with E-state index in [1.54, 1.807) is 28.4 Å². The van der Waals surface area contributed by atoms with Gasteiger partial charge in [-0.05, 0) is 84.6 Å². The Balaban J connectivity index is 1.71. The summed E-state index contributed by atoms with van der Waals surface area (Å²) in [5.41, 5.74) is 4.09. The van der Waals surface area contributed by atoms with Gasteiger partial charge >= 0.3 is 0 Å². The molecule has 1 heterocycles. The summed E-state index contributed by atoms with van der Waals surface area (Å²) in [6.45, 7) is 0. The number of methoxy groups -OCH3 is 4. The lowest BCUT2D eigenvalue weighted by Crippen LogP contribution is -1.87. The van der Waals surface area contributed by atoms with Crippen molar-refractivity contribution in [3.63, 3.8) is 0 Å². The fraction of sp³-hybridized carbons (Fsp3) is 0.100. The van der Waals surface area contributed by atoms with Crippen LogP contribution in [-0.4, -0.2) is 28.4 Å². The Bertz CT molecular complexity index is 1940. The predicted octanol–water partition coefficient (Wildman–Crippen LogP) is 6.91. The topological polar surface area (TPSA) is 50.1 Å². The molecule has 0 saturated carbocycles. The average Bonchev–Trinajstić information content (AvgIpc) is 3.44. The first kappa shape index (κ1) is 30.1. The van der Waals surface area contributed by atoms with E-state index in [0.29, 0.717) is 45.6 Å². The van der Waals surface area contributed by atoms with E-state index in [1.165, 1.54) is 0 Å². The number of hydrogen-bond donors (Lipinski definition) is 0. The van der Waals surface area contributed by atoms with Crippen LogP contribution >= 0.6 is 0 Å². The molecule has 4 aromatic carbocycles. The lowest BCUT2D eigenvalue weighted by molar-refractivity contribution is 0.414. The van der Waals surface area contributed by atoms with Crippen molar-refractivity contribution in [1.29, 1.82) is 0 Å². The van der Waals surface area contributed by atoms with E-state index in [1.807, 2.05) is 97.1 Å². The number of rotatable bonds is 4. The van der Waals surface area contributed by atoms with Gasteiger partial charge in [0.1, 0.15) is 23.0 Å². The number of benzene rings is 4. The summed E-state index contributed by atoms with van der Waals surface area (Å²) in [6.07, 6.45) is 0. The summed E-state index contributed by atoms with van der Waals surface area (Å²) >= 11 is 0. The van der Waals surface area contributed by atoms with E-state index in [0.717, 1.165) is 22.3 Å². The number of ether oxygens (including phenoxy) is 4. The molecule has 45 heavy (non-hydrogen) atoms. The van der Waals surface area contributed by atoms with E-state index in [4.69, 9.17) is 23.4 Å². The quantitative estimate of drug-likeness (QED) is 0.214. The van der Waals surface area contributed by atoms with Crippen LogP contribution in [0.3, 0.4) is 0 Å². The van der Waals surface area contributed by atoms with Crippen molar-refractivity contribution in [3.8, 4) is 70.4 Å². The molecule has 0 spiro atoms. The monoisotopic (exact) mass is 588 g/mol. The van der Waals surface area contributed by atoms with Crippen LogP contribution in [0.15, 0.2) is 101 Å². The SMILES string of the molecule is COc1cccc(C#Cc2oc(C#Cc3cccc(OC)c3)c(C#Cc3cccc(OC)c3)c2C#Cc2cccc(OC)c2)c1. The Labute approximate surface area is 263 Å². The van der Waals surface area contributed by atoms with Crippen molar-refractivity contribution in [2.24, 2.45) is 0 Å². The molecule has 0 fully saturated rings. The van der Waals surface area contributed by atoms with Gasteiger partial charge in [-0.25, -0.2) is 0 Å². The molecule has 5 nitrogen and oxygen atoms in total. The molecule has 0 unspecified atom stereocenters. The first-order chi connectivity index (χ1) is 22.1. The Morgan fingerprint density at radius 3 is 0.956 bits per heavy atom. The van der Waals surface area contributed by atoms with Gasteiger partial charge in [0.2, 0.25) is 0 Å². The predicted molar refractivity (Wildman–Crippen MR) is 175 cm³/mol. The highest BCUT2D eigenvalue weighted by Gasteiger charge is 2.16. The molecule has 0 aliphatic rings. The summed E-state index contributed by atoms with van der Waals surface area (Å²) < 4.78 is 27.8. The summed E-state index contributed by atoms with van der Waals surface area (Å²) in [5.74, 6) is 29.1. The van der Waals surface area contributed by atoms with Crippen molar-refractivity contribution in [2.75, 3.05) is 28.4 Å². The average molecular weight is 589 g/mol. The van der Waals surface area contributed by atoms with Gasteiger partial charge in [-0.3, -0.25) is 0 Å². The van der Waals surface area contributed by atoms with E-state index in [-0.39, 0.29) is 0 Å². The van der Waals surface area contributed by atoms with Crippen molar-refractivity contribution in [1.82, 2.24) is 0 Å². The lowest BCUT2D eigenvalue weighted by atomic mass is 10.1. The molecule has 0 atom stereocenters. The van der Waals surface area contributed by atoms with Gasteiger partial charge in [-0.2, -0.15) is 0 Å². The first-order valence-electron chi connectivity index (χ1n) is 13.9. The van der Waals surface area contributed by atoms with Gasteiger partial charge in [-0.1, -0.05) is 59.8 Å². The number of furan rings is 1. The minimum Gasteiger partial charge on any atom is -0.497 e. The van der Waals surface area contributed by atoms with E-state index < -0.39 is 0 Å². The third kappa shape index (κ3) is 7.91. The van der Waals surface area contributed by atoms with Crippen LogP contribution in [0.5, 0.6) is 23.0 Å². The smallest absolute Gasteiger partial charge is 0.195 e. The summed E-state index contributed by atoms with van der Waals surface area (Å²) in [4.78, 5) is 0. The minimum absolute atomic E-state index is 0.345. The maximum absolute atomic E-state index is 6.31. The molecule has 0 N–H and O–H groups in total. The molecule has 0 aliphatic carbocycles. The van der Waals surface area contributed by atoms with Crippen molar-refractivity contribution < 1.29 is 23.4 Å². The van der Waals surface area contributed by atoms with Crippen LogP contribution in [0.25, 0.3) is 0 Å². The van der Waals surface area contributed by atoms with Crippen LogP contribution < -0.4 is 18.9 Å². The number of hydrogen-bond acceptors (Lipinski definition) is 5. The van der Waals surface area contributed by atoms with Gasteiger partial charge in [0.25, 0.3) is 0 Å². The highest BCUT2D eigenvalue weighted by atomic mass is 16.5. The van der Waals surface area contributed by atoms with Gasteiger partial charge in [-0.15, -0.1) is 0 Å². The zero-order valence-corrected chi connectivity index (χ0v) is 25.3. The summed E-state index contributed by atoms with van der Waals surface area (Å²) in [7, 11) is 6.47. The second kappa shape index (κ2) is 14.7. The van der Waals surface area contributed by atoms with Crippen molar-refractivity contribution in [2.45, 2.75) is 0 Å². The molecule has 5 aromatic rings. The highest BCUT2D eigenvalue weighted by molar-refractivity contribution is 5.65. The van der Waals surface area contributed by atoms with E-state index in [2.05, 4.69) is 47.4 Å².